The van der Waals surface area contributed by atoms with Crippen molar-refractivity contribution in [3.63, 3.8) is 0 Å². The first-order chi connectivity index (χ1) is 12.0. The molecule has 1 atom stereocenters. The van der Waals surface area contributed by atoms with E-state index >= 15 is 0 Å². The van der Waals surface area contributed by atoms with Crippen molar-refractivity contribution in [1.82, 2.24) is 10.2 Å². The molecule has 134 valence electrons. The number of allylic oxidation sites excluding steroid dienone is 1. The van der Waals surface area contributed by atoms with E-state index in [0.29, 0.717) is 6.42 Å². The van der Waals surface area contributed by atoms with Gasteiger partial charge < -0.3 is 15.0 Å². The van der Waals surface area contributed by atoms with E-state index in [0.717, 1.165) is 53.5 Å². The zero-order valence-electron chi connectivity index (χ0n) is 15.2. The van der Waals surface area contributed by atoms with Gasteiger partial charge in [0.1, 0.15) is 5.75 Å². The van der Waals surface area contributed by atoms with E-state index in [4.69, 9.17) is 17.0 Å². The Balaban J connectivity index is 1.96. The van der Waals surface area contributed by atoms with Crippen molar-refractivity contribution >= 4 is 23.1 Å². The van der Waals surface area contributed by atoms with E-state index in [1.807, 2.05) is 38.1 Å². The van der Waals surface area contributed by atoms with Crippen LogP contribution < -0.4 is 10.1 Å². The minimum Gasteiger partial charge on any atom is -0.491 e. The number of carbonyl (C=O) groups excluding carboxylic acids is 1. The van der Waals surface area contributed by atoms with Gasteiger partial charge in [-0.3, -0.25) is 4.79 Å². The van der Waals surface area contributed by atoms with Crippen LogP contribution in [-0.2, 0) is 4.79 Å². The molecule has 4 nitrogen and oxygen atoms in total. The SMILES string of the molecule is CCCN1C(=S)NC(c2ccc(OC(C)C)cc2)C2=C1CCCC2=O. The molecule has 1 aliphatic carbocycles. The van der Waals surface area contributed by atoms with Gasteiger partial charge in [0, 0.05) is 24.2 Å². The smallest absolute Gasteiger partial charge is 0.173 e. The van der Waals surface area contributed by atoms with E-state index in [2.05, 4.69) is 17.1 Å². The van der Waals surface area contributed by atoms with Crippen LogP contribution in [0.2, 0.25) is 0 Å². The van der Waals surface area contributed by atoms with Crippen molar-refractivity contribution < 1.29 is 9.53 Å². The van der Waals surface area contributed by atoms with Crippen LogP contribution >= 0.6 is 12.2 Å². The summed E-state index contributed by atoms with van der Waals surface area (Å²) in [6.07, 6.45) is 3.60. The van der Waals surface area contributed by atoms with Gasteiger partial charge in [-0.05, 0) is 63.0 Å². The third kappa shape index (κ3) is 3.71. The summed E-state index contributed by atoms with van der Waals surface area (Å²) >= 11 is 5.60. The summed E-state index contributed by atoms with van der Waals surface area (Å²) in [5.41, 5.74) is 3.07. The van der Waals surface area contributed by atoms with Crippen LogP contribution in [0.4, 0.5) is 0 Å². The molecule has 0 aromatic heterocycles. The van der Waals surface area contributed by atoms with Gasteiger partial charge >= 0.3 is 0 Å². The van der Waals surface area contributed by atoms with Crippen molar-refractivity contribution in [3.05, 3.63) is 41.1 Å². The first-order valence-corrected chi connectivity index (χ1v) is 9.53. The van der Waals surface area contributed by atoms with Gasteiger partial charge in [-0.15, -0.1) is 0 Å². The number of thiocarbonyl (C=S) groups is 1. The Morgan fingerprint density at radius 2 is 2.00 bits per heavy atom. The van der Waals surface area contributed by atoms with Crippen LogP contribution in [0, 0.1) is 0 Å². The van der Waals surface area contributed by atoms with Crippen molar-refractivity contribution in [1.29, 1.82) is 0 Å². The molecule has 0 radical (unpaired) electrons. The fourth-order valence-electron chi connectivity index (χ4n) is 3.57. The van der Waals surface area contributed by atoms with E-state index < -0.39 is 0 Å². The number of nitrogens with zero attached hydrogens (tertiary/aromatic N) is 1. The van der Waals surface area contributed by atoms with Gasteiger partial charge in [-0.2, -0.15) is 0 Å². The van der Waals surface area contributed by atoms with Gasteiger partial charge in [0.25, 0.3) is 0 Å². The minimum absolute atomic E-state index is 0.142. The number of hydrogen-bond donors (Lipinski definition) is 1. The molecule has 1 aromatic rings. The first-order valence-electron chi connectivity index (χ1n) is 9.12. The Morgan fingerprint density at radius 3 is 2.64 bits per heavy atom. The predicted molar refractivity (Wildman–Crippen MR) is 104 cm³/mol. The highest BCUT2D eigenvalue weighted by molar-refractivity contribution is 7.80. The molecule has 0 spiro atoms. The molecule has 1 unspecified atom stereocenters. The number of hydrogen-bond acceptors (Lipinski definition) is 3. The van der Waals surface area contributed by atoms with Crippen molar-refractivity contribution in [2.24, 2.45) is 0 Å². The Kier molecular flexibility index (Phi) is 5.42. The summed E-state index contributed by atoms with van der Waals surface area (Å²) in [7, 11) is 0. The van der Waals surface area contributed by atoms with Crippen LogP contribution in [0.3, 0.4) is 0 Å². The molecule has 0 saturated carbocycles. The number of nitrogens with one attached hydrogen (secondary N) is 1. The Hall–Kier alpha value is -1.88. The molecule has 1 heterocycles. The highest BCUT2D eigenvalue weighted by Crippen LogP contribution is 2.37. The number of Topliss-reactive ketones (excluding diaryl/α,β-unsaturated/α-hetero) is 1. The lowest BCUT2D eigenvalue weighted by Gasteiger charge is -2.41. The lowest BCUT2D eigenvalue weighted by atomic mass is 9.85. The maximum absolute atomic E-state index is 12.7. The second-order valence-electron chi connectivity index (χ2n) is 6.91. The fraction of sp³-hybridized carbons (Fsp3) is 0.500. The number of benzene rings is 1. The summed E-state index contributed by atoms with van der Waals surface area (Å²) in [4.78, 5) is 14.8. The monoisotopic (exact) mass is 358 g/mol. The largest absolute Gasteiger partial charge is 0.491 e. The predicted octanol–water partition coefficient (Wildman–Crippen LogP) is 4.12. The number of rotatable bonds is 5. The lowest BCUT2D eigenvalue weighted by molar-refractivity contribution is -0.116. The first kappa shape index (κ1) is 17.9. The van der Waals surface area contributed by atoms with Gasteiger partial charge in [0.2, 0.25) is 0 Å². The average molecular weight is 359 g/mol. The summed E-state index contributed by atoms with van der Waals surface area (Å²) < 4.78 is 5.72. The summed E-state index contributed by atoms with van der Waals surface area (Å²) in [5.74, 6) is 1.08. The van der Waals surface area contributed by atoms with Crippen LogP contribution in [0.15, 0.2) is 35.5 Å². The van der Waals surface area contributed by atoms with E-state index in [1.165, 1.54) is 0 Å². The van der Waals surface area contributed by atoms with Crippen molar-refractivity contribution in [2.45, 2.75) is 58.6 Å². The zero-order valence-corrected chi connectivity index (χ0v) is 16.0. The van der Waals surface area contributed by atoms with Gasteiger partial charge in [-0.1, -0.05) is 19.1 Å². The molecule has 25 heavy (non-hydrogen) atoms. The third-order valence-electron chi connectivity index (χ3n) is 4.59. The Morgan fingerprint density at radius 1 is 1.28 bits per heavy atom. The third-order valence-corrected chi connectivity index (χ3v) is 4.93. The highest BCUT2D eigenvalue weighted by Gasteiger charge is 2.36. The van der Waals surface area contributed by atoms with Crippen LogP contribution in [0.5, 0.6) is 5.75 Å². The number of ketones is 1. The van der Waals surface area contributed by atoms with Gasteiger partial charge in [0.15, 0.2) is 10.9 Å². The Bertz CT molecular complexity index is 694. The molecule has 3 rings (SSSR count). The number of ether oxygens (including phenoxy) is 1. The molecular formula is C20H26N2O2S. The van der Waals surface area contributed by atoms with E-state index in [9.17, 15) is 4.79 Å². The summed E-state index contributed by atoms with van der Waals surface area (Å²) in [6, 6.07) is 7.83. The minimum atomic E-state index is -0.156. The average Bonchev–Trinajstić information content (AvgIpc) is 2.57. The quantitative estimate of drug-likeness (QED) is 0.802. The summed E-state index contributed by atoms with van der Waals surface area (Å²) in [6.45, 7) is 7.00. The molecule has 1 aromatic carbocycles. The van der Waals surface area contributed by atoms with Crippen LogP contribution in [-0.4, -0.2) is 28.4 Å². The lowest BCUT2D eigenvalue weighted by Crippen LogP contribution is -2.49. The highest BCUT2D eigenvalue weighted by atomic mass is 32.1. The van der Waals surface area contributed by atoms with E-state index in [-0.39, 0.29) is 17.9 Å². The van der Waals surface area contributed by atoms with Gasteiger partial charge in [0.05, 0.1) is 12.1 Å². The normalized spacial score (nSPS) is 20.6. The maximum atomic E-state index is 12.7. The fourth-order valence-corrected chi connectivity index (χ4v) is 3.89. The molecule has 0 amide bonds. The molecule has 1 N–H and O–H groups in total. The zero-order chi connectivity index (χ0) is 18.0. The Labute approximate surface area is 155 Å². The number of carbonyl (C=O) groups is 1. The second kappa shape index (κ2) is 7.56. The molecule has 0 fully saturated rings. The van der Waals surface area contributed by atoms with Crippen LogP contribution in [0.25, 0.3) is 0 Å². The van der Waals surface area contributed by atoms with Crippen molar-refractivity contribution in [3.8, 4) is 5.75 Å². The molecule has 2 aliphatic rings. The second-order valence-corrected chi connectivity index (χ2v) is 7.29. The molecule has 0 saturated heterocycles. The molecular weight excluding hydrogens is 332 g/mol. The summed E-state index contributed by atoms with van der Waals surface area (Å²) in [5, 5.41) is 4.12. The van der Waals surface area contributed by atoms with Gasteiger partial charge in [-0.25, -0.2) is 0 Å². The molecule has 0 bridgehead atoms. The topological polar surface area (TPSA) is 41.6 Å². The standard InChI is InChI=1S/C20H26N2O2S/c1-4-12-22-16-6-5-7-17(23)18(16)19(21-20(22)25)14-8-10-15(11-9-14)24-13(2)3/h8-11,13,19H,4-7,12H2,1-3H3,(H,21,25). The molecule has 1 aliphatic heterocycles. The van der Waals surface area contributed by atoms with Crippen molar-refractivity contribution in [2.75, 3.05) is 6.54 Å². The van der Waals surface area contributed by atoms with E-state index in [1.54, 1.807) is 0 Å². The molecule has 5 heteroatoms. The van der Waals surface area contributed by atoms with Crippen LogP contribution in [0.1, 0.15) is 58.1 Å². The maximum Gasteiger partial charge on any atom is 0.173 e.